The molecule has 0 atom stereocenters. The minimum Gasteiger partial charge on any atom is -0.463 e. The van der Waals surface area contributed by atoms with Gasteiger partial charge in [0, 0.05) is 5.92 Å². The van der Waals surface area contributed by atoms with Crippen molar-refractivity contribution in [2.45, 2.75) is 31.7 Å². The van der Waals surface area contributed by atoms with Crippen LogP contribution in [0.4, 0.5) is 5.82 Å². The van der Waals surface area contributed by atoms with Gasteiger partial charge in [0.2, 0.25) is 0 Å². The van der Waals surface area contributed by atoms with Crippen LogP contribution in [0.15, 0.2) is 0 Å². The molecular formula is C9H13N3O. The lowest BCUT2D eigenvalue weighted by molar-refractivity contribution is 0.340. The van der Waals surface area contributed by atoms with Crippen LogP contribution in [-0.4, -0.2) is 16.2 Å². The summed E-state index contributed by atoms with van der Waals surface area (Å²) in [6.07, 6.45) is 3.79. The van der Waals surface area contributed by atoms with Crippen LogP contribution in [-0.2, 0) is 6.54 Å². The molecule has 70 valence electrons. The summed E-state index contributed by atoms with van der Waals surface area (Å²) >= 11 is 0. The number of imidazole rings is 1. The predicted molar refractivity (Wildman–Crippen MR) is 48.7 cm³/mol. The Morgan fingerprint density at radius 2 is 2.31 bits per heavy atom. The molecule has 0 unspecified atom stereocenters. The molecule has 4 heteroatoms. The Balaban J connectivity index is 2.01. The van der Waals surface area contributed by atoms with Crippen LogP contribution >= 0.6 is 0 Å². The molecular weight excluding hydrogens is 166 g/mol. The van der Waals surface area contributed by atoms with Crippen molar-refractivity contribution < 1.29 is 4.74 Å². The normalized spacial score (nSPS) is 20.9. The maximum Gasteiger partial charge on any atom is 0.298 e. The summed E-state index contributed by atoms with van der Waals surface area (Å²) in [6.45, 7) is 1.58. The maximum absolute atomic E-state index is 5.99. The average Bonchev–Trinajstić information content (AvgIpc) is 2.54. The Bertz CT molecular complexity index is 341. The zero-order valence-electron chi connectivity index (χ0n) is 7.49. The number of nitrogens with two attached hydrogens (primary N) is 1. The number of anilines is 1. The van der Waals surface area contributed by atoms with Crippen molar-refractivity contribution in [3.8, 4) is 6.01 Å². The SMILES string of the molecule is Nc1c(C2CCC2)nc2n1CCO2. The van der Waals surface area contributed by atoms with E-state index in [1.54, 1.807) is 0 Å². The molecule has 13 heavy (non-hydrogen) atoms. The largest absolute Gasteiger partial charge is 0.463 e. The molecule has 0 amide bonds. The lowest BCUT2D eigenvalue weighted by Gasteiger charge is -2.23. The Morgan fingerprint density at radius 3 is 2.92 bits per heavy atom. The standard InChI is InChI=1S/C9H13N3O/c10-8-7(6-2-1-3-6)11-9-12(8)4-5-13-9/h6H,1-5,10H2. The van der Waals surface area contributed by atoms with Gasteiger partial charge in [-0.3, -0.25) is 4.57 Å². The molecule has 3 rings (SSSR count). The predicted octanol–water partition coefficient (Wildman–Crippen LogP) is 1.13. The van der Waals surface area contributed by atoms with Crippen LogP contribution in [0.5, 0.6) is 6.01 Å². The molecule has 1 aromatic rings. The highest BCUT2D eigenvalue weighted by Gasteiger charge is 2.29. The zero-order valence-corrected chi connectivity index (χ0v) is 7.49. The molecule has 1 fully saturated rings. The van der Waals surface area contributed by atoms with E-state index in [2.05, 4.69) is 4.98 Å². The quantitative estimate of drug-likeness (QED) is 0.703. The third-order valence-electron chi connectivity index (χ3n) is 3.04. The molecule has 2 aliphatic rings. The van der Waals surface area contributed by atoms with Gasteiger partial charge >= 0.3 is 0 Å². The first-order valence-electron chi connectivity index (χ1n) is 4.85. The van der Waals surface area contributed by atoms with Gasteiger partial charge in [0.05, 0.1) is 12.2 Å². The molecule has 2 heterocycles. The summed E-state index contributed by atoms with van der Waals surface area (Å²) in [6, 6.07) is 0.722. The third-order valence-corrected chi connectivity index (χ3v) is 3.04. The molecule has 1 aromatic heterocycles. The minimum atomic E-state index is 0.599. The van der Waals surface area contributed by atoms with Crippen molar-refractivity contribution in [2.24, 2.45) is 0 Å². The van der Waals surface area contributed by atoms with E-state index in [0.29, 0.717) is 5.92 Å². The highest BCUT2D eigenvalue weighted by atomic mass is 16.5. The van der Waals surface area contributed by atoms with Crippen LogP contribution < -0.4 is 10.5 Å². The van der Waals surface area contributed by atoms with Gasteiger partial charge in [-0.05, 0) is 12.8 Å². The summed E-state index contributed by atoms with van der Waals surface area (Å²) in [7, 11) is 0. The summed E-state index contributed by atoms with van der Waals surface area (Å²) in [5, 5.41) is 0. The molecule has 4 nitrogen and oxygen atoms in total. The van der Waals surface area contributed by atoms with Crippen molar-refractivity contribution in [1.82, 2.24) is 9.55 Å². The van der Waals surface area contributed by atoms with Gasteiger partial charge in [0.15, 0.2) is 0 Å². The number of hydrogen-bond acceptors (Lipinski definition) is 3. The summed E-state index contributed by atoms with van der Waals surface area (Å²) in [5.41, 5.74) is 7.06. The Kier molecular flexibility index (Phi) is 1.34. The molecule has 0 radical (unpaired) electrons. The summed E-state index contributed by atoms with van der Waals surface area (Å²) in [5.74, 6) is 1.43. The Labute approximate surface area is 76.7 Å². The van der Waals surface area contributed by atoms with Gasteiger partial charge < -0.3 is 10.5 Å². The van der Waals surface area contributed by atoms with Crippen LogP contribution in [0.2, 0.25) is 0 Å². The first-order chi connectivity index (χ1) is 6.36. The number of hydrogen-bond donors (Lipinski definition) is 1. The highest BCUT2D eigenvalue weighted by molar-refractivity contribution is 5.43. The van der Waals surface area contributed by atoms with Crippen molar-refractivity contribution in [3.05, 3.63) is 5.69 Å². The molecule has 0 saturated heterocycles. The second-order valence-electron chi connectivity index (χ2n) is 3.79. The van der Waals surface area contributed by atoms with Crippen molar-refractivity contribution in [3.63, 3.8) is 0 Å². The van der Waals surface area contributed by atoms with E-state index in [9.17, 15) is 0 Å². The maximum atomic E-state index is 5.99. The molecule has 1 saturated carbocycles. The van der Waals surface area contributed by atoms with Crippen molar-refractivity contribution >= 4 is 5.82 Å². The molecule has 1 aliphatic carbocycles. The first kappa shape index (κ1) is 7.24. The highest BCUT2D eigenvalue weighted by Crippen LogP contribution is 2.40. The van der Waals surface area contributed by atoms with Gasteiger partial charge in [-0.2, -0.15) is 4.98 Å². The van der Waals surface area contributed by atoms with E-state index in [1.807, 2.05) is 4.57 Å². The van der Waals surface area contributed by atoms with E-state index >= 15 is 0 Å². The molecule has 2 N–H and O–H groups in total. The molecule has 1 aliphatic heterocycles. The van der Waals surface area contributed by atoms with Crippen molar-refractivity contribution in [1.29, 1.82) is 0 Å². The summed E-state index contributed by atoms with van der Waals surface area (Å²) in [4.78, 5) is 4.43. The molecule has 0 bridgehead atoms. The number of rotatable bonds is 1. The molecule has 0 spiro atoms. The van der Waals surface area contributed by atoms with Crippen LogP contribution in [0.3, 0.4) is 0 Å². The van der Waals surface area contributed by atoms with Crippen LogP contribution in [0.25, 0.3) is 0 Å². The Hall–Kier alpha value is -1.19. The second kappa shape index (κ2) is 2.40. The smallest absolute Gasteiger partial charge is 0.298 e. The van der Waals surface area contributed by atoms with Gasteiger partial charge in [0.25, 0.3) is 6.01 Å². The van der Waals surface area contributed by atoms with E-state index in [0.717, 1.165) is 30.7 Å². The fourth-order valence-corrected chi connectivity index (χ4v) is 2.00. The van der Waals surface area contributed by atoms with Gasteiger partial charge in [-0.1, -0.05) is 6.42 Å². The van der Waals surface area contributed by atoms with E-state index in [1.165, 1.54) is 19.3 Å². The second-order valence-corrected chi connectivity index (χ2v) is 3.79. The number of ether oxygens (including phenoxy) is 1. The topological polar surface area (TPSA) is 53.1 Å². The van der Waals surface area contributed by atoms with Crippen LogP contribution in [0.1, 0.15) is 30.9 Å². The zero-order chi connectivity index (χ0) is 8.84. The van der Waals surface area contributed by atoms with Gasteiger partial charge in [-0.25, -0.2) is 0 Å². The van der Waals surface area contributed by atoms with Crippen LogP contribution in [0, 0.1) is 0 Å². The lowest BCUT2D eigenvalue weighted by atomic mass is 9.83. The summed E-state index contributed by atoms with van der Waals surface area (Å²) < 4.78 is 7.33. The number of nitrogens with zero attached hydrogens (tertiary/aromatic N) is 2. The number of fused-ring (bicyclic) bond motifs is 1. The van der Waals surface area contributed by atoms with Gasteiger partial charge in [-0.15, -0.1) is 0 Å². The van der Waals surface area contributed by atoms with E-state index < -0.39 is 0 Å². The lowest BCUT2D eigenvalue weighted by Crippen LogP contribution is -2.12. The third kappa shape index (κ3) is 0.884. The number of aromatic nitrogens is 2. The number of nitrogen functional groups attached to an aromatic ring is 1. The van der Waals surface area contributed by atoms with E-state index in [4.69, 9.17) is 10.5 Å². The fraction of sp³-hybridized carbons (Fsp3) is 0.667. The monoisotopic (exact) mass is 179 g/mol. The van der Waals surface area contributed by atoms with E-state index in [-0.39, 0.29) is 0 Å². The Morgan fingerprint density at radius 1 is 1.46 bits per heavy atom. The molecule has 0 aromatic carbocycles. The van der Waals surface area contributed by atoms with Gasteiger partial charge in [0.1, 0.15) is 12.4 Å². The minimum absolute atomic E-state index is 0.599. The fourth-order valence-electron chi connectivity index (χ4n) is 2.00. The van der Waals surface area contributed by atoms with Crippen molar-refractivity contribution in [2.75, 3.05) is 12.3 Å². The average molecular weight is 179 g/mol. The first-order valence-corrected chi connectivity index (χ1v) is 4.85.